The van der Waals surface area contributed by atoms with Crippen LogP contribution < -0.4 is 15.0 Å². The maximum Gasteiger partial charge on any atom is 0.294 e. The number of amides is 2. The molecule has 1 N–H and O–H groups in total. The summed E-state index contributed by atoms with van der Waals surface area (Å²) >= 11 is 6.04. The Labute approximate surface area is 241 Å². The molecule has 208 valence electrons. The van der Waals surface area contributed by atoms with E-state index >= 15 is 0 Å². The molecule has 1 fully saturated rings. The number of nitrogens with zero attached hydrogens (tertiary/aromatic N) is 2. The first-order chi connectivity index (χ1) is 19.5. The van der Waals surface area contributed by atoms with Crippen molar-refractivity contribution < 1.29 is 14.3 Å². The lowest BCUT2D eigenvalue weighted by Gasteiger charge is -2.35. The van der Waals surface area contributed by atoms with E-state index < -0.39 is 0 Å². The summed E-state index contributed by atoms with van der Waals surface area (Å²) in [6.07, 6.45) is 7.74. The Morgan fingerprint density at radius 1 is 1.05 bits per heavy atom. The standard InChI is InChI=1S/C33H36ClN3O3/c1-2-28-8-5-6-20-36(28)21-7-19-35-32(38)26-15-11-24(12-16-26)22-31-33(39)37(23-25-13-17-27(34)18-14-25)29-9-3-4-10-30(29)40-31/h3-4,9-18,22,28H,2,5-8,19-21,23H2,1H3,(H,35,38)/b31-22-/t28-/m0/s1. The van der Waals surface area contributed by atoms with E-state index in [9.17, 15) is 9.59 Å². The van der Waals surface area contributed by atoms with Crippen LogP contribution in [-0.4, -0.2) is 42.4 Å². The van der Waals surface area contributed by atoms with Gasteiger partial charge in [-0.2, -0.15) is 0 Å². The third kappa shape index (κ3) is 6.75. The zero-order valence-corrected chi connectivity index (χ0v) is 23.7. The zero-order chi connectivity index (χ0) is 27.9. The topological polar surface area (TPSA) is 61.9 Å². The first-order valence-electron chi connectivity index (χ1n) is 14.2. The van der Waals surface area contributed by atoms with Gasteiger partial charge in [0.25, 0.3) is 11.8 Å². The number of carbonyl (C=O) groups excluding carboxylic acids is 2. The lowest BCUT2D eigenvalue weighted by Crippen LogP contribution is -2.40. The van der Waals surface area contributed by atoms with E-state index in [4.69, 9.17) is 16.3 Å². The molecular formula is C33H36ClN3O3. The normalized spacial score (nSPS) is 18.4. The molecule has 40 heavy (non-hydrogen) atoms. The summed E-state index contributed by atoms with van der Waals surface area (Å²) in [5, 5.41) is 3.70. The number of likely N-dealkylation sites (tertiary alicyclic amines) is 1. The summed E-state index contributed by atoms with van der Waals surface area (Å²) in [6.45, 7) is 5.50. The molecule has 1 atom stereocenters. The van der Waals surface area contributed by atoms with Gasteiger partial charge in [0.2, 0.25) is 0 Å². The molecule has 3 aromatic carbocycles. The predicted octanol–water partition coefficient (Wildman–Crippen LogP) is 6.69. The van der Waals surface area contributed by atoms with Crippen LogP contribution in [0.4, 0.5) is 5.69 Å². The Hall–Kier alpha value is -3.61. The number of anilines is 1. The summed E-state index contributed by atoms with van der Waals surface area (Å²) in [7, 11) is 0. The number of hydrogen-bond acceptors (Lipinski definition) is 4. The number of hydrogen-bond donors (Lipinski definition) is 1. The van der Waals surface area contributed by atoms with Gasteiger partial charge in [-0.15, -0.1) is 0 Å². The number of para-hydroxylation sites is 2. The minimum atomic E-state index is -0.227. The lowest BCUT2D eigenvalue weighted by atomic mass is 10.00. The van der Waals surface area contributed by atoms with E-state index in [1.807, 2.05) is 60.7 Å². The third-order valence-corrected chi connectivity index (χ3v) is 7.94. The van der Waals surface area contributed by atoms with E-state index in [-0.39, 0.29) is 17.6 Å². The van der Waals surface area contributed by atoms with Crippen molar-refractivity contribution in [2.45, 2.75) is 51.6 Å². The molecule has 0 aromatic heterocycles. The van der Waals surface area contributed by atoms with Gasteiger partial charge in [-0.25, -0.2) is 0 Å². The lowest BCUT2D eigenvalue weighted by molar-refractivity contribution is -0.117. The van der Waals surface area contributed by atoms with Crippen LogP contribution in [0.5, 0.6) is 5.75 Å². The average Bonchev–Trinajstić information content (AvgIpc) is 2.99. The highest BCUT2D eigenvalue weighted by Crippen LogP contribution is 2.36. The van der Waals surface area contributed by atoms with Gasteiger partial charge >= 0.3 is 0 Å². The highest BCUT2D eigenvalue weighted by atomic mass is 35.5. The molecule has 0 unspecified atom stereocenters. The van der Waals surface area contributed by atoms with Crippen molar-refractivity contribution in [3.8, 4) is 5.75 Å². The van der Waals surface area contributed by atoms with Gasteiger partial charge in [-0.05, 0) is 85.8 Å². The van der Waals surface area contributed by atoms with Crippen molar-refractivity contribution >= 4 is 35.2 Å². The molecule has 0 radical (unpaired) electrons. The van der Waals surface area contributed by atoms with Crippen LogP contribution in [0.3, 0.4) is 0 Å². The van der Waals surface area contributed by atoms with Crippen molar-refractivity contribution in [2.24, 2.45) is 0 Å². The van der Waals surface area contributed by atoms with Crippen LogP contribution in [0.2, 0.25) is 5.02 Å². The summed E-state index contributed by atoms with van der Waals surface area (Å²) in [4.78, 5) is 30.5. The quantitative estimate of drug-likeness (QED) is 0.235. The summed E-state index contributed by atoms with van der Waals surface area (Å²) < 4.78 is 6.01. The van der Waals surface area contributed by atoms with Gasteiger partial charge in [0, 0.05) is 29.7 Å². The smallest absolute Gasteiger partial charge is 0.294 e. The molecule has 2 aliphatic rings. The maximum atomic E-state index is 13.5. The molecule has 0 spiro atoms. The number of carbonyl (C=O) groups is 2. The van der Waals surface area contributed by atoms with Crippen LogP contribution in [0.15, 0.2) is 78.6 Å². The van der Waals surface area contributed by atoms with E-state index in [1.54, 1.807) is 23.1 Å². The summed E-state index contributed by atoms with van der Waals surface area (Å²) in [6, 6.07) is 22.9. The van der Waals surface area contributed by atoms with Gasteiger partial charge in [0.05, 0.1) is 12.2 Å². The van der Waals surface area contributed by atoms with Crippen molar-refractivity contribution in [1.82, 2.24) is 10.2 Å². The second-order valence-corrected chi connectivity index (χ2v) is 10.9. The molecule has 2 aliphatic heterocycles. The Bertz CT molecular complexity index is 1350. The number of fused-ring (bicyclic) bond motifs is 1. The minimum absolute atomic E-state index is 0.0852. The highest BCUT2D eigenvalue weighted by molar-refractivity contribution is 6.30. The number of benzene rings is 3. The van der Waals surface area contributed by atoms with Crippen LogP contribution in [0.1, 0.15) is 60.5 Å². The zero-order valence-electron chi connectivity index (χ0n) is 22.9. The van der Waals surface area contributed by atoms with Gasteiger partial charge in [-0.3, -0.25) is 14.5 Å². The van der Waals surface area contributed by atoms with Crippen LogP contribution in [-0.2, 0) is 11.3 Å². The number of rotatable bonds is 9. The van der Waals surface area contributed by atoms with Gasteiger partial charge < -0.3 is 15.0 Å². The molecule has 6 nitrogen and oxygen atoms in total. The number of piperidine rings is 1. The Morgan fingerprint density at radius 3 is 2.60 bits per heavy atom. The fourth-order valence-corrected chi connectivity index (χ4v) is 5.60. The van der Waals surface area contributed by atoms with Crippen LogP contribution in [0.25, 0.3) is 6.08 Å². The van der Waals surface area contributed by atoms with Gasteiger partial charge in [-0.1, -0.05) is 61.3 Å². The molecule has 7 heteroatoms. The maximum absolute atomic E-state index is 13.5. The second-order valence-electron chi connectivity index (χ2n) is 10.4. The fraction of sp³-hybridized carbons (Fsp3) is 0.333. The third-order valence-electron chi connectivity index (χ3n) is 7.68. The SMILES string of the molecule is CC[C@H]1CCCCN1CCCNC(=O)c1ccc(/C=C2\Oc3ccccc3N(Cc3ccc(Cl)cc3)C2=O)cc1. The van der Waals surface area contributed by atoms with Crippen LogP contribution in [0, 0.1) is 0 Å². The van der Waals surface area contributed by atoms with Gasteiger partial charge in [0.1, 0.15) is 0 Å². The Morgan fingerprint density at radius 2 is 1.82 bits per heavy atom. The van der Waals surface area contributed by atoms with Crippen molar-refractivity contribution in [3.05, 3.63) is 100 Å². The van der Waals surface area contributed by atoms with Crippen molar-refractivity contribution in [2.75, 3.05) is 24.5 Å². The summed E-state index contributed by atoms with van der Waals surface area (Å²) in [5.41, 5.74) is 3.06. The van der Waals surface area contributed by atoms with E-state index in [0.717, 1.165) is 29.8 Å². The average molecular weight is 558 g/mol. The molecule has 0 bridgehead atoms. The molecule has 5 rings (SSSR count). The number of nitrogens with one attached hydrogen (secondary N) is 1. The Kier molecular flexibility index (Phi) is 9.19. The summed E-state index contributed by atoms with van der Waals surface area (Å²) in [5.74, 6) is 0.536. The first kappa shape index (κ1) is 27.9. The molecule has 1 saturated heterocycles. The second kappa shape index (κ2) is 13.2. The van der Waals surface area contributed by atoms with Crippen LogP contribution >= 0.6 is 11.6 Å². The Balaban J connectivity index is 1.21. The van der Waals surface area contributed by atoms with Crippen molar-refractivity contribution in [3.63, 3.8) is 0 Å². The van der Waals surface area contributed by atoms with Gasteiger partial charge in [0.15, 0.2) is 11.5 Å². The molecule has 0 aliphatic carbocycles. The number of ether oxygens (including phenoxy) is 1. The monoisotopic (exact) mass is 557 g/mol. The molecule has 0 saturated carbocycles. The molecule has 2 amide bonds. The van der Waals surface area contributed by atoms with E-state index in [0.29, 0.717) is 35.5 Å². The highest BCUT2D eigenvalue weighted by Gasteiger charge is 2.30. The van der Waals surface area contributed by atoms with E-state index in [2.05, 4.69) is 17.1 Å². The fourth-order valence-electron chi connectivity index (χ4n) is 5.48. The number of halogens is 1. The molecule has 2 heterocycles. The molecular weight excluding hydrogens is 522 g/mol. The predicted molar refractivity (Wildman–Crippen MR) is 161 cm³/mol. The largest absolute Gasteiger partial charge is 0.449 e. The first-order valence-corrected chi connectivity index (χ1v) is 14.6. The van der Waals surface area contributed by atoms with E-state index in [1.165, 1.54) is 32.2 Å². The van der Waals surface area contributed by atoms with Crippen molar-refractivity contribution in [1.29, 1.82) is 0 Å². The minimum Gasteiger partial charge on any atom is -0.449 e. The molecule has 3 aromatic rings.